The van der Waals surface area contributed by atoms with Gasteiger partial charge in [-0.2, -0.15) is 0 Å². The van der Waals surface area contributed by atoms with E-state index >= 15 is 0 Å². The van der Waals surface area contributed by atoms with Crippen LogP contribution in [-0.4, -0.2) is 33.8 Å². The molecule has 2 aromatic carbocycles. The first-order valence-corrected chi connectivity index (χ1v) is 13.2. The first-order chi connectivity index (χ1) is 17.8. The first kappa shape index (κ1) is 26.3. The molecule has 194 valence electrons. The second-order valence-electron chi connectivity index (χ2n) is 9.39. The highest BCUT2D eigenvalue weighted by atomic mass is 32.1. The molecule has 3 aromatic rings. The van der Waals surface area contributed by atoms with Gasteiger partial charge in [-0.25, -0.2) is 4.98 Å². The zero-order valence-corrected chi connectivity index (χ0v) is 21.6. The SMILES string of the molecule is CC(C)c1ccc(OCc2nc(C(=O)NC3CCCCC3NC(=O)c3cccc([N+](=O)[O-])c3)cs2)cc1. The molecule has 1 saturated carbocycles. The van der Waals surface area contributed by atoms with Gasteiger partial charge in [0, 0.05) is 35.2 Å². The Balaban J connectivity index is 1.33. The predicted molar refractivity (Wildman–Crippen MR) is 141 cm³/mol. The van der Waals surface area contributed by atoms with Crippen molar-refractivity contribution < 1.29 is 19.2 Å². The summed E-state index contributed by atoms with van der Waals surface area (Å²) in [4.78, 5) is 40.6. The maximum absolute atomic E-state index is 12.9. The summed E-state index contributed by atoms with van der Waals surface area (Å²) in [6, 6.07) is 13.0. The number of nitrogens with one attached hydrogen (secondary N) is 2. The van der Waals surface area contributed by atoms with Crippen LogP contribution in [0.25, 0.3) is 0 Å². The fourth-order valence-electron chi connectivity index (χ4n) is 4.31. The number of amides is 2. The molecule has 2 amide bonds. The highest BCUT2D eigenvalue weighted by Crippen LogP contribution is 2.22. The second kappa shape index (κ2) is 12.0. The van der Waals surface area contributed by atoms with E-state index < -0.39 is 10.8 Å². The minimum atomic E-state index is -0.532. The number of nitro groups is 1. The van der Waals surface area contributed by atoms with Crippen LogP contribution in [0, 0.1) is 10.1 Å². The number of benzene rings is 2. The van der Waals surface area contributed by atoms with Crippen molar-refractivity contribution in [3.63, 3.8) is 0 Å². The lowest BCUT2D eigenvalue weighted by Gasteiger charge is -2.32. The average molecular weight is 523 g/mol. The maximum atomic E-state index is 12.9. The van der Waals surface area contributed by atoms with Crippen LogP contribution in [0.1, 0.15) is 76.9 Å². The molecule has 1 aromatic heterocycles. The molecule has 0 radical (unpaired) electrons. The number of nitro benzene ring substituents is 1. The van der Waals surface area contributed by atoms with Gasteiger partial charge >= 0.3 is 0 Å². The Morgan fingerprint density at radius 2 is 1.76 bits per heavy atom. The Morgan fingerprint density at radius 1 is 1.08 bits per heavy atom. The van der Waals surface area contributed by atoms with Gasteiger partial charge < -0.3 is 15.4 Å². The van der Waals surface area contributed by atoms with E-state index in [0.29, 0.717) is 23.0 Å². The molecule has 1 aliphatic rings. The lowest BCUT2D eigenvalue weighted by Crippen LogP contribution is -2.53. The quantitative estimate of drug-likeness (QED) is 0.293. The van der Waals surface area contributed by atoms with Gasteiger partial charge in [0.25, 0.3) is 17.5 Å². The number of rotatable bonds is 9. The molecule has 0 bridgehead atoms. The maximum Gasteiger partial charge on any atom is 0.271 e. The number of hydrogen-bond acceptors (Lipinski definition) is 7. The number of hydrogen-bond donors (Lipinski definition) is 2. The number of aromatic nitrogens is 1. The molecule has 2 unspecified atom stereocenters. The molecular formula is C27H30N4O5S. The van der Waals surface area contributed by atoms with Gasteiger partial charge in [-0.3, -0.25) is 19.7 Å². The lowest BCUT2D eigenvalue weighted by atomic mass is 9.90. The van der Waals surface area contributed by atoms with Crippen molar-refractivity contribution >= 4 is 28.8 Å². The van der Waals surface area contributed by atoms with Gasteiger partial charge in [0.05, 0.1) is 4.92 Å². The summed E-state index contributed by atoms with van der Waals surface area (Å²) < 4.78 is 5.82. The zero-order valence-electron chi connectivity index (χ0n) is 20.8. The first-order valence-electron chi connectivity index (χ1n) is 12.3. The highest BCUT2D eigenvalue weighted by Gasteiger charge is 2.29. The predicted octanol–water partition coefficient (Wildman–Crippen LogP) is 5.22. The Hall–Kier alpha value is -3.79. The summed E-state index contributed by atoms with van der Waals surface area (Å²) in [5, 5.41) is 19.4. The van der Waals surface area contributed by atoms with Crippen LogP contribution in [-0.2, 0) is 6.61 Å². The van der Waals surface area contributed by atoms with Crippen LogP contribution in [0.4, 0.5) is 5.69 Å². The number of ether oxygens (including phenoxy) is 1. The number of carbonyl (C=O) groups excluding carboxylic acids is 2. The van der Waals surface area contributed by atoms with Gasteiger partial charge in [-0.15, -0.1) is 11.3 Å². The van der Waals surface area contributed by atoms with Crippen molar-refractivity contribution in [2.75, 3.05) is 0 Å². The summed E-state index contributed by atoms with van der Waals surface area (Å²) in [5.41, 5.74) is 1.63. The number of thiazole rings is 1. The van der Waals surface area contributed by atoms with Crippen LogP contribution in [0.5, 0.6) is 5.75 Å². The van der Waals surface area contributed by atoms with Crippen LogP contribution >= 0.6 is 11.3 Å². The Labute approximate surface area is 219 Å². The summed E-state index contributed by atoms with van der Waals surface area (Å²) in [5.74, 6) is 0.496. The molecule has 2 atom stereocenters. The summed E-state index contributed by atoms with van der Waals surface area (Å²) >= 11 is 1.36. The smallest absolute Gasteiger partial charge is 0.271 e. The Kier molecular flexibility index (Phi) is 8.50. The molecule has 1 aliphatic carbocycles. The second-order valence-corrected chi connectivity index (χ2v) is 10.3. The number of non-ortho nitro benzene ring substituents is 1. The van der Waals surface area contributed by atoms with E-state index in [1.807, 2.05) is 24.3 Å². The van der Waals surface area contributed by atoms with Gasteiger partial charge in [-0.1, -0.05) is 44.9 Å². The third-order valence-corrected chi connectivity index (χ3v) is 7.23. The molecule has 1 fully saturated rings. The van der Waals surface area contributed by atoms with Gasteiger partial charge in [0.1, 0.15) is 23.1 Å². The Bertz CT molecular complexity index is 1260. The van der Waals surface area contributed by atoms with Crippen molar-refractivity contribution in [3.05, 3.63) is 85.9 Å². The summed E-state index contributed by atoms with van der Waals surface area (Å²) in [6.45, 7) is 4.54. The highest BCUT2D eigenvalue weighted by molar-refractivity contribution is 7.09. The van der Waals surface area contributed by atoms with E-state index in [9.17, 15) is 19.7 Å². The minimum absolute atomic E-state index is 0.142. The molecule has 0 saturated heterocycles. The molecule has 10 heteroatoms. The molecule has 9 nitrogen and oxygen atoms in total. The molecular weight excluding hydrogens is 492 g/mol. The van der Waals surface area contributed by atoms with E-state index in [1.165, 1.54) is 41.2 Å². The lowest BCUT2D eigenvalue weighted by molar-refractivity contribution is -0.384. The van der Waals surface area contributed by atoms with E-state index in [4.69, 9.17) is 4.74 Å². The minimum Gasteiger partial charge on any atom is -0.486 e. The van der Waals surface area contributed by atoms with E-state index in [1.54, 1.807) is 5.38 Å². The van der Waals surface area contributed by atoms with Crippen LogP contribution in [0.15, 0.2) is 53.9 Å². The molecule has 0 aliphatic heterocycles. The van der Waals surface area contributed by atoms with E-state index in [0.717, 1.165) is 25.0 Å². The molecule has 2 N–H and O–H groups in total. The number of nitrogens with zero attached hydrogens (tertiary/aromatic N) is 2. The van der Waals surface area contributed by atoms with Crippen LogP contribution in [0.3, 0.4) is 0 Å². The fraction of sp³-hybridized carbons (Fsp3) is 0.370. The number of carbonyl (C=O) groups is 2. The topological polar surface area (TPSA) is 123 Å². The molecule has 37 heavy (non-hydrogen) atoms. The molecule has 1 heterocycles. The molecule has 4 rings (SSSR count). The van der Waals surface area contributed by atoms with Crippen molar-refractivity contribution in [2.45, 2.75) is 64.1 Å². The van der Waals surface area contributed by atoms with E-state index in [-0.39, 0.29) is 35.8 Å². The third kappa shape index (κ3) is 6.91. The zero-order chi connectivity index (χ0) is 26.4. The Morgan fingerprint density at radius 3 is 2.41 bits per heavy atom. The van der Waals surface area contributed by atoms with Crippen molar-refractivity contribution in [2.24, 2.45) is 0 Å². The van der Waals surface area contributed by atoms with Crippen molar-refractivity contribution in [1.29, 1.82) is 0 Å². The normalized spacial score (nSPS) is 17.3. The van der Waals surface area contributed by atoms with Crippen LogP contribution < -0.4 is 15.4 Å². The average Bonchev–Trinajstić information content (AvgIpc) is 3.38. The van der Waals surface area contributed by atoms with Gasteiger partial charge in [0.15, 0.2) is 0 Å². The van der Waals surface area contributed by atoms with Gasteiger partial charge in [0.2, 0.25) is 0 Å². The van der Waals surface area contributed by atoms with Crippen molar-refractivity contribution in [1.82, 2.24) is 15.6 Å². The van der Waals surface area contributed by atoms with Gasteiger partial charge in [-0.05, 0) is 42.5 Å². The monoisotopic (exact) mass is 522 g/mol. The van der Waals surface area contributed by atoms with Crippen LogP contribution in [0.2, 0.25) is 0 Å². The largest absolute Gasteiger partial charge is 0.486 e. The fourth-order valence-corrected chi connectivity index (χ4v) is 4.99. The standard InChI is InChI=1S/C27H30N4O5S/c1-17(2)18-10-12-21(13-11-18)36-15-25-28-24(16-37-25)27(33)30-23-9-4-3-8-22(23)29-26(32)19-6-5-7-20(14-19)31(34)35/h5-7,10-14,16-17,22-23H,3-4,8-9,15H2,1-2H3,(H,29,32)(H,30,33). The van der Waals surface area contributed by atoms with E-state index in [2.05, 4.69) is 29.5 Å². The summed E-state index contributed by atoms with van der Waals surface area (Å²) in [7, 11) is 0. The third-order valence-electron chi connectivity index (χ3n) is 6.41. The summed E-state index contributed by atoms with van der Waals surface area (Å²) in [6.07, 6.45) is 3.28. The van der Waals surface area contributed by atoms with Crippen molar-refractivity contribution in [3.8, 4) is 5.75 Å². The molecule has 0 spiro atoms.